The molecule has 2 amide bonds. The zero-order valence-electron chi connectivity index (χ0n) is 14.2. The molecule has 0 bridgehead atoms. The molecule has 0 radical (unpaired) electrons. The molecular formula is C18H24N4OS. The van der Waals surface area contributed by atoms with Crippen molar-refractivity contribution in [3.05, 3.63) is 47.8 Å². The van der Waals surface area contributed by atoms with Crippen LogP contribution in [0, 0.1) is 6.92 Å². The van der Waals surface area contributed by atoms with Crippen LogP contribution in [0.3, 0.4) is 0 Å². The van der Waals surface area contributed by atoms with Gasteiger partial charge in [0, 0.05) is 42.4 Å². The molecule has 1 aromatic heterocycles. The summed E-state index contributed by atoms with van der Waals surface area (Å²) >= 11 is 1.94. The number of hydrogen-bond acceptors (Lipinski definition) is 3. The molecule has 1 saturated heterocycles. The number of thioether (sulfide) groups is 1. The fourth-order valence-corrected chi connectivity index (χ4v) is 3.77. The molecule has 3 rings (SSSR count). The summed E-state index contributed by atoms with van der Waals surface area (Å²) in [7, 11) is 0. The van der Waals surface area contributed by atoms with E-state index in [4.69, 9.17) is 0 Å². The zero-order chi connectivity index (χ0) is 16.9. The lowest BCUT2D eigenvalue weighted by Crippen LogP contribution is -2.40. The highest BCUT2D eigenvalue weighted by molar-refractivity contribution is 7.99. The zero-order valence-corrected chi connectivity index (χ0v) is 15.1. The van der Waals surface area contributed by atoms with E-state index < -0.39 is 0 Å². The SMILES string of the molecule is Cc1nn(-c2ccccc2)cc1CNC(=O)N1CCS[C@@H](C)CC1. The number of rotatable bonds is 3. The van der Waals surface area contributed by atoms with Crippen molar-refractivity contribution in [2.45, 2.75) is 32.1 Å². The van der Waals surface area contributed by atoms with Gasteiger partial charge in [0.25, 0.3) is 0 Å². The third-order valence-electron chi connectivity index (χ3n) is 4.31. The monoisotopic (exact) mass is 344 g/mol. The lowest BCUT2D eigenvalue weighted by atomic mass is 10.2. The molecule has 1 fully saturated rings. The Hall–Kier alpha value is -1.95. The molecule has 1 aromatic carbocycles. The Morgan fingerprint density at radius 2 is 2.12 bits per heavy atom. The van der Waals surface area contributed by atoms with Crippen LogP contribution in [0.5, 0.6) is 0 Å². The van der Waals surface area contributed by atoms with Crippen LogP contribution in [0.1, 0.15) is 24.6 Å². The maximum absolute atomic E-state index is 12.4. The van der Waals surface area contributed by atoms with Crippen molar-refractivity contribution < 1.29 is 4.79 Å². The third kappa shape index (κ3) is 4.12. The molecule has 0 saturated carbocycles. The van der Waals surface area contributed by atoms with Gasteiger partial charge in [0.2, 0.25) is 0 Å². The van der Waals surface area contributed by atoms with Gasteiger partial charge >= 0.3 is 6.03 Å². The quantitative estimate of drug-likeness (QED) is 0.930. The van der Waals surface area contributed by atoms with Gasteiger partial charge in [0.1, 0.15) is 0 Å². The second kappa shape index (κ2) is 7.75. The molecule has 128 valence electrons. The van der Waals surface area contributed by atoms with E-state index >= 15 is 0 Å². The van der Waals surface area contributed by atoms with Gasteiger partial charge in [-0.15, -0.1) is 0 Å². The van der Waals surface area contributed by atoms with E-state index in [1.165, 1.54) is 0 Å². The minimum Gasteiger partial charge on any atom is -0.334 e. The first-order valence-corrected chi connectivity index (χ1v) is 9.43. The van der Waals surface area contributed by atoms with Crippen LogP contribution in [0.2, 0.25) is 0 Å². The van der Waals surface area contributed by atoms with Gasteiger partial charge in [-0.3, -0.25) is 0 Å². The van der Waals surface area contributed by atoms with Gasteiger partial charge in [-0.25, -0.2) is 9.48 Å². The summed E-state index contributed by atoms with van der Waals surface area (Å²) < 4.78 is 1.86. The molecule has 0 spiro atoms. The van der Waals surface area contributed by atoms with Crippen LogP contribution in [-0.2, 0) is 6.54 Å². The van der Waals surface area contributed by atoms with Crippen LogP contribution in [0.4, 0.5) is 4.79 Å². The van der Waals surface area contributed by atoms with Crippen LogP contribution in [0.25, 0.3) is 5.69 Å². The lowest BCUT2D eigenvalue weighted by molar-refractivity contribution is 0.201. The number of carbonyl (C=O) groups is 1. The summed E-state index contributed by atoms with van der Waals surface area (Å²) in [4.78, 5) is 14.3. The molecule has 6 heteroatoms. The smallest absolute Gasteiger partial charge is 0.317 e. The fraction of sp³-hybridized carbons (Fsp3) is 0.444. The number of nitrogens with one attached hydrogen (secondary N) is 1. The molecule has 5 nitrogen and oxygen atoms in total. The van der Waals surface area contributed by atoms with E-state index in [-0.39, 0.29) is 6.03 Å². The molecule has 24 heavy (non-hydrogen) atoms. The summed E-state index contributed by atoms with van der Waals surface area (Å²) in [5.41, 5.74) is 3.01. The second-order valence-electron chi connectivity index (χ2n) is 6.14. The predicted molar refractivity (Wildman–Crippen MR) is 98.6 cm³/mol. The summed E-state index contributed by atoms with van der Waals surface area (Å²) in [5, 5.41) is 8.22. The number of urea groups is 1. The molecule has 0 aliphatic carbocycles. The van der Waals surface area contributed by atoms with Crippen molar-refractivity contribution in [3.8, 4) is 5.69 Å². The van der Waals surface area contributed by atoms with E-state index in [0.29, 0.717) is 11.8 Å². The Morgan fingerprint density at radius 1 is 1.33 bits per heavy atom. The molecule has 2 heterocycles. The number of carbonyl (C=O) groups excluding carboxylic acids is 1. The highest BCUT2D eigenvalue weighted by Gasteiger charge is 2.18. The summed E-state index contributed by atoms with van der Waals surface area (Å²) in [6, 6.07) is 10.0. The van der Waals surface area contributed by atoms with Gasteiger partial charge in [-0.1, -0.05) is 25.1 Å². The maximum atomic E-state index is 12.4. The summed E-state index contributed by atoms with van der Waals surface area (Å²) in [5.74, 6) is 1.01. The lowest BCUT2D eigenvalue weighted by Gasteiger charge is -2.20. The molecule has 1 N–H and O–H groups in total. The highest BCUT2D eigenvalue weighted by Crippen LogP contribution is 2.18. The maximum Gasteiger partial charge on any atom is 0.317 e. The van der Waals surface area contributed by atoms with Crippen molar-refractivity contribution in [1.29, 1.82) is 0 Å². The minimum absolute atomic E-state index is 0.0246. The molecular weight excluding hydrogens is 320 g/mol. The van der Waals surface area contributed by atoms with Crippen molar-refractivity contribution in [2.24, 2.45) is 0 Å². The number of amides is 2. The van der Waals surface area contributed by atoms with Gasteiger partial charge in [0.15, 0.2) is 0 Å². The highest BCUT2D eigenvalue weighted by atomic mass is 32.2. The summed E-state index contributed by atoms with van der Waals surface area (Å²) in [6.07, 6.45) is 3.05. The number of hydrogen-bond donors (Lipinski definition) is 1. The van der Waals surface area contributed by atoms with E-state index in [0.717, 1.165) is 42.2 Å². The molecule has 2 aromatic rings. The number of aromatic nitrogens is 2. The number of nitrogens with zero attached hydrogens (tertiary/aromatic N) is 3. The topological polar surface area (TPSA) is 50.2 Å². The second-order valence-corrected chi connectivity index (χ2v) is 7.68. The third-order valence-corrected chi connectivity index (χ3v) is 5.53. The Morgan fingerprint density at radius 3 is 2.92 bits per heavy atom. The van der Waals surface area contributed by atoms with Crippen molar-refractivity contribution >= 4 is 17.8 Å². The Labute approximate surface area is 147 Å². The Kier molecular flexibility index (Phi) is 5.45. The number of para-hydroxylation sites is 1. The van der Waals surface area contributed by atoms with Crippen LogP contribution in [-0.4, -0.2) is 44.8 Å². The minimum atomic E-state index is 0.0246. The van der Waals surface area contributed by atoms with Crippen LogP contribution < -0.4 is 5.32 Å². The van der Waals surface area contributed by atoms with Crippen LogP contribution >= 0.6 is 11.8 Å². The number of benzene rings is 1. The fourth-order valence-electron chi connectivity index (χ4n) is 2.76. The van der Waals surface area contributed by atoms with E-state index in [2.05, 4.69) is 17.3 Å². The Bertz CT molecular complexity index is 686. The number of aryl methyl sites for hydroxylation is 1. The first-order chi connectivity index (χ1) is 11.6. The Balaban J connectivity index is 1.60. The van der Waals surface area contributed by atoms with E-state index in [1.807, 2.05) is 64.8 Å². The standard InChI is InChI=1S/C18H24N4OS/c1-14-8-9-21(10-11-24-14)18(23)19-12-16-13-22(20-15(16)2)17-6-4-3-5-7-17/h3-7,13-14H,8-12H2,1-2H3,(H,19,23)/t14-/m0/s1. The first kappa shape index (κ1) is 16.9. The first-order valence-electron chi connectivity index (χ1n) is 8.38. The van der Waals surface area contributed by atoms with Crippen molar-refractivity contribution in [1.82, 2.24) is 20.0 Å². The predicted octanol–water partition coefficient (Wildman–Crippen LogP) is 3.22. The molecule has 1 aliphatic heterocycles. The molecule has 1 atom stereocenters. The van der Waals surface area contributed by atoms with Crippen molar-refractivity contribution in [3.63, 3.8) is 0 Å². The van der Waals surface area contributed by atoms with E-state index in [9.17, 15) is 4.79 Å². The van der Waals surface area contributed by atoms with Crippen LogP contribution in [0.15, 0.2) is 36.5 Å². The van der Waals surface area contributed by atoms with Gasteiger partial charge in [-0.2, -0.15) is 16.9 Å². The summed E-state index contributed by atoms with van der Waals surface area (Å²) in [6.45, 7) is 6.38. The molecule has 0 unspecified atom stereocenters. The van der Waals surface area contributed by atoms with Gasteiger partial charge in [0.05, 0.1) is 11.4 Å². The van der Waals surface area contributed by atoms with Gasteiger partial charge < -0.3 is 10.2 Å². The molecule has 1 aliphatic rings. The largest absolute Gasteiger partial charge is 0.334 e. The van der Waals surface area contributed by atoms with Gasteiger partial charge in [-0.05, 0) is 25.5 Å². The van der Waals surface area contributed by atoms with E-state index in [1.54, 1.807) is 0 Å². The average Bonchev–Trinajstić information content (AvgIpc) is 2.82. The normalized spacial score (nSPS) is 18.2. The van der Waals surface area contributed by atoms with Crippen molar-refractivity contribution in [2.75, 3.05) is 18.8 Å². The average molecular weight is 344 g/mol.